The summed E-state index contributed by atoms with van der Waals surface area (Å²) < 4.78 is 0. The molecule has 0 amide bonds. The Labute approximate surface area is 139 Å². The van der Waals surface area contributed by atoms with E-state index in [-0.39, 0.29) is 0 Å². The van der Waals surface area contributed by atoms with Gasteiger partial charge in [-0.3, -0.25) is 0 Å². The minimum Gasteiger partial charge on any atom is -0.357 e. The van der Waals surface area contributed by atoms with Crippen LogP contribution in [-0.2, 0) is 13.0 Å². The lowest BCUT2D eigenvalue weighted by atomic mass is 10.3. The standard InChI is InChI=1S/C17H21N5S/c1-2-18-17(20-11-13-8-10-23-12-13)19-9-7-16-21-14-5-3-4-6-15(14)22-16/h3-6,8,10,12H,2,7,9,11H2,1H3,(H,21,22)(H2,18,19,20). The molecule has 6 heteroatoms. The molecule has 0 saturated carbocycles. The Bertz CT molecular complexity index is 727. The number of benzene rings is 1. The van der Waals surface area contributed by atoms with Crippen LogP contribution in [0.3, 0.4) is 0 Å². The molecule has 0 aliphatic carbocycles. The van der Waals surface area contributed by atoms with Crippen LogP contribution >= 0.6 is 11.3 Å². The van der Waals surface area contributed by atoms with Crippen LogP contribution in [0.5, 0.6) is 0 Å². The number of nitrogens with one attached hydrogen (secondary N) is 3. The third-order valence-corrected chi connectivity index (χ3v) is 4.17. The second kappa shape index (κ2) is 7.78. The van der Waals surface area contributed by atoms with Gasteiger partial charge in [-0.2, -0.15) is 11.3 Å². The van der Waals surface area contributed by atoms with Crippen molar-refractivity contribution in [3.05, 3.63) is 52.5 Å². The molecule has 0 atom stereocenters. The first kappa shape index (κ1) is 15.6. The van der Waals surface area contributed by atoms with E-state index in [1.54, 1.807) is 11.3 Å². The second-order valence-corrected chi connectivity index (χ2v) is 5.98. The molecule has 0 unspecified atom stereocenters. The van der Waals surface area contributed by atoms with E-state index in [1.165, 1.54) is 5.56 Å². The third kappa shape index (κ3) is 4.32. The zero-order valence-corrected chi connectivity index (χ0v) is 14.0. The van der Waals surface area contributed by atoms with E-state index in [0.717, 1.165) is 42.3 Å². The first-order valence-corrected chi connectivity index (χ1v) is 8.76. The van der Waals surface area contributed by atoms with Gasteiger partial charge in [0.1, 0.15) is 5.82 Å². The number of hydrogen-bond donors (Lipinski definition) is 3. The number of H-pyrrole nitrogens is 1. The summed E-state index contributed by atoms with van der Waals surface area (Å²) in [5, 5.41) is 10.8. The third-order valence-electron chi connectivity index (χ3n) is 3.44. The second-order valence-electron chi connectivity index (χ2n) is 5.20. The van der Waals surface area contributed by atoms with Gasteiger partial charge in [-0.15, -0.1) is 0 Å². The molecule has 0 radical (unpaired) electrons. The first-order valence-electron chi connectivity index (χ1n) is 7.82. The molecule has 120 valence electrons. The molecule has 5 nitrogen and oxygen atoms in total. The highest BCUT2D eigenvalue weighted by atomic mass is 32.1. The predicted molar refractivity (Wildman–Crippen MR) is 96.9 cm³/mol. The first-order chi connectivity index (χ1) is 11.3. The number of aliphatic imine (C=N–C) groups is 1. The predicted octanol–water partition coefficient (Wildman–Crippen LogP) is 2.92. The highest BCUT2D eigenvalue weighted by Gasteiger charge is 2.03. The van der Waals surface area contributed by atoms with Gasteiger partial charge in [0.2, 0.25) is 0 Å². The summed E-state index contributed by atoms with van der Waals surface area (Å²) in [7, 11) is 0. The van der Waals surface area contributed by atoms with Crippen LogP contribution in [0.4, 0.5) is 0 Å². The number of hydrogen-bond acceptors (Lipinski definition) is 3. The highest BCUT2D eigenvalue weighted by Crippen LogP contribution is 2.10. The Morgan fingerprint density at radius 3 is 2.96 bits per heavy atom. The quantitative estimate of drug-likeness (QED) is 0.482. The van der Waals surface area contributed by atoms with Gasteiger partial charge in [0, 0.05) is 19.5 Å². The van der Waals surface area contributed by atoms with E-state index < -0.39 is 0 Å². The number of para-hydroxylation sites is 2. The summed E-state index contributed by atoms with van der Waals surface area (Å²) in [6, 6.07) is 10.2. The van der Waals surface area contributed by atoms with Gasteiger partial charge in [0.25, 0.3) is 0 Å². The fourth-order valence-electron chi connectivity index (χ4n) is 2.32. The fraction of sp³-hybridized carbons (Fsp3) is 0.294. The van der Waals surface area contributed by atoms with Crippen molar-refractivity contribution in [2.75, 3.05) is 13.1 Å². The molecule has 0 fully saturated rings. The van der Waals surface area contributed by atoms with Crippen molar-refractivity contribution in [1.82, 2.24) is 20.6 Å². The van der Waals surface area contributed by atoms with Gasteiger partial charge in [0.05, 0.1) is 17.6 Å². The molecular formula is C17H21N5S. The van der Waals surface area contributed by atoms with Crippen LogP contribution in [0, 0.1) is 0 Å². The summed E-state index contributed by atoms with van der Waals surface area (Å²) in [6.45, 7) is 4.40. The monoisotopic (exact) mass is 327 g/mol. The van der Waals surface area contributed by atoms with Crippen LogP contribution in [0.25, 0.3) is 11.0 Å². The van der Waals surface area contributed by atoms with E-state index in [2.05, 4.69) is 49.3 Å². The number of fused-ring (bicyclic) bond motifs is 1. The van der Waals surface area contributed by atoms with Gasteiger partial charge >= 0.3 is 0 Å². The molecule has 0 aliphatic rings. The summed E-state index contributed by atoms with van der Waals surface area (Å²) in [4.78, 5) is 12.5. The van der Waals surface area contributed by atoms with Crippen molar-refractivity contribution in [2.24, 2.45) is 4.99 Å². The average Bonchev–Trinajstić information content (AvgIpc) is 3.21. The van der Waals surface area contributed by atoms with Gasteiger partial charge in [0.15, 0.2) is 5.96 Å². The van der Waals surface area contributed by atoms with Crippen molar-refractivity contribution in [3.8, 4) is 0 Å². The molecule has 23 heavy (non-hydrogen) atoms. The summed E-state index contributed by atoms with van der Waals surface area (Å²) in [6.07, 6.45) is 0.831. The Hall–Kier alpha value is -2.34. The number of rotatable bonds is 6. The number of nitrogens with zero attached hydrogens (tertiary/aromatic N) is 2. The highest BCUT2D eigenvalue weighted by molar-refractivity contribution is 7.07. The van der Waals surface area contributed by atoms with E-state index in [1.807, 2.05) is 24.3 Å². The largest absolute Gasteiger partial charge is 0.357 e. The zero-order chi connectivity index (χ0) is 15.9. The Balaban J connectivity index is 1.54. The molecule has 2 heterocycles. The number of aromatic amines is 1. The van der Waals surface area contributed by atoms with E-state index in [9.17, 15) is 0 Å². The van der Waals surface area contributed by atoms with E-state index >= 15 is 0 Å². The lowest BCUT2D eigenvalue weighted by molar-refractivity contribution is 0.780. The topological polar surface area (TPSA) is 65.1 Å². The lowest BCUT2D eigenvalue weighted by Gasteiger charge is -2.10. The Morgan fingerprint density at radius 2 is 2.17 bits per heavy atom. The molecule has 0 saturated heterocycles. The van der Waals surface area contributed by atoms with Crippen molar-refractivity contribution in [2.45, 2.75) is 19.9 Å². The van der Waals surface area contributed by atoms with Crippen LogP contribution in [0.15, 0.2) is 46.1 Å². The van der Waals surface area contributed by atoms with Crippen LogP contribution < -0.4 is 10.6 Å². The molecule has 0 spiro atoms. The van der Waals surface area contributed by atoms with Gasteiger partial charge in [-0.05, 0) is 41.4 Å². The lowest BCUT2D eigenvalue weighted by Crippen LogP contribution is -2.38. The Kier molecular flexibility index (Phi) is 5.26. The molecule has 0 bridgehead atoms. The minimum atomic E-state index is 0.698. The van der Waals surface area contributed by atoms with Crippen LogP contribution in [0.1, 0.15) is 18.3 Å². The molecule has 0 aliphatic heterocycles. The van der Waals surface area contributed by atoms with Gasteiger partial charge in [-0.1, -0.05) is 12.1 Å². The SMILES string of the molecule is CCNC(=NCc1ccsc1)NCCc1nc2ccccc2[nH]1. The van der Waals surface area contributed by atoms with Crippen molar-refractivity contribution in [1.29, 1.82) is 0 Å². The normalized spacial score (nSPS) is 11.8. The number of imidazole rings is 1. The summed E-state index contributed by atoms with van der Waals surface area (Å²) in [5.74, 6) is 1.84. The average molecular weight is 327 g/mol. The molecular weight excluding hydrogens is 306 g/mol. The van der Waals surface area contributed by atoms with Crippen molar-refractivity contribution in [3.63, 3.8) is 0 Å². The number of thiophene rings is 1. The van der Waals surface area contributed by atoms with Crippen molar-refractivity contribution < 1.29 is 0 Å². The summed E-state index contributed by atoms with van der Waals surface area (Å²) >= 11 is 1.70. The maximum atomic E-state index is 4.60. The van der Waals surface area contributed by atoms with Crippen LogP contribution in [-0.4, -0.2) is 29.0 Å². The molecule has 3 rings (SSSR count). The van der Waals surface area contributed by atoms with E-state index in [0.29, 0.717) is 6.54 Å². The van der Waals surface area contributed by atoms with E-state index in [4.69, 9.17) is 0 Å². The van der Waals surface area contributed by atoms with Crippen molar-refractivity contribution >= 4 is 28.3 Å². The smallest absolute Gasteiger partial charge is 0.191 e. The summed E-state index contributed by atoms with van der Waals surface area (Å²) in [5.41, 5.74) is 3.34. The molecule has 3 aromatic rings. The zero-order valence-electron chi connectivity index (χ0n) is 13.2. The number of guanidine groups is 1. The maximum Gasteiger partial charge on any atom is 0.191 e. The molecule has 1 aromatic carbocycles. The molecule has 3 N–H and O–H groups in total. The van der Waals surface area contributed by atoms with Crippen LogP contribution in [0.2, 0.25) is 0 Å². The molecule has 2 aromatic heterocycles. The van der Waals surface area contributed by atoms with Gasteiger partial charge < -0.3 is 15.6 Å². The fourth-order valence-corrected chi connectivity index (χ4v) is 2.98. The number of aromatic nitrogens is 2. The maximum absolute atomic E-state index is 4.60. The van der Waals surface area contributed by atoms with Gasteiger partial charge in [-0.25, -0.2) is 9.98 Å². The minimum absolute atomic E-state index is 0.698. The Morgan fingerprint density at radius 1 is 1.26 bits per heavy atom.